The van der Waals surface area contributed by atoms with Gasteiger partial charge in [0.2, 0.25) is 0 Å². The fourth-order valence-corrected chi connectivity index (χ4v) is 3.29. The molecular formula is C20H17FIN3O2. The molecule has 0 atom stereocenters. The normalized spacial score (nSPS) is 10.1. The van der Waals surface area contributed by atoms with E-state index in [1.54, 1.807) is 12.1 Å². The number of halogens is 2. The molecule has 0 saturated carbocycles. The standard InChI is InChI=1S/C19H17FIN3.CO2/c1-11(2)24(14-5-7-17(21)16(20)9-14)19-12(3)15-6-4-13(10-22)8-18(15)23-19;2-1-3/h4-9,11,23H,1-3H3;. The Kier molecular flexibility index (Phi) is 6.72. The Labute approximate surface area is 169 Å². The predicted octanol–water partition coefficient (Wildman–Crippen LogP) is 5.05. The van der Waals surface area contributed by atoms with E-state index >= 15 is 0 Å². The van der Waals surface area contributed by atoms with Crippen LogP contribution in [0.2, 0.25) is 0 Å². The van der Waals surface area contributed by atoms with E-state index in [9.17, 15) is 4.39 Å². The van der Waals surface area contributed by atoms with Gasteiger partial charge in [-0.2, -0.15) is 14.9 Å². The van der Waals surface area contributed by atoms with E-state index < -0.39 is 0 Å². The minimum absolute atomic E-state index is 0.145. The zero-order valence-corrected chi connectivity index (χ0v) is 17.2. The van der Waals surface area contributed by atoms with Crippen LogP contribution in [0.15, 0.2) is 36.4 Å². The SMILES string of the molecule is Cc1c(N(c2ccc(I)c(F)c2)C(C)C)[nH]c2cc(C#N)ccc12.O=C=O. The van der Waals surface area contributed by atoms with Crippen molar-refractivity contribution in [1.82, 2.24) is 4.98 Å². The molecule has 0 aliphatic heterocycles. The van der Waals surface area contributed by atoms with E-state index in [0.717, 1.165) is 28.0 Å². The van der Waals surface area contributed by atoms with Crippen LogP contribution in [0.3, 0.4) is 0 Å². The van der Waals surface area contributed by atoms with Gasteiger partial charge in [0.15, 0.2) is 0 Å². The largest absolute Gasteiger partial charge is 0.373 e. The van der Waals surface area contributed by atoms with Crippen molar-refractivity contribution in [3.8, 4) is 6.07 Å². The van der Waals surface area contributed by atoms with Crippen LogP contribution in [0.4, 0.5) is 15.9 Å². The van der Waals surface area contributed by atoms with Crippen LogP contribution in [0.5, 0.6) is 0 Å². The van der Waals surface area contributed by atoms with Crippen molar-refractivity contribution in [1.29, 1.82) is 5.26 Å². The third kappa shape index (κ3) is 4.35. The van der Waals surface area contributed by atoms with E-state index in [1.165, 1.54) is 0 Å². The number of carbonyl (C=O) groups excluding carboxylic acids is 2. The van der Waals surface area contributed by atoms with Crippen LogP contribution in [0.1, 0.15) is 25.0 Å². The van der Waals surface area contributed by atoms with Gasteiger partial charge in [-0.3, -0.25) is 0 Å². The zero-order valence-electron chi connectivity index (χ0n) is 15.0. The highest BCUT2D eigenvalue weighted by Crippen LogP contribution is 2.35. The molecule has 0 unspecified atom stereocenters. The smallest absolute Gasteiger partial charge is 0.341 e. The van der Waals surface area contributed by atoms with Gasteiger partial charge in [0.05, 0.1) is 11.6 Å². The zero-order chi connectivity index (χ0) is 20.1. The van der Waals surface area contributed by atoms with Crippen molar-refractivity contribution >= 4 is 51.2 Å². The van der Waals surface area contributed by atoms with Crippen LogP contribution in [-0.2, 0) is 9.59 Å². The molecule has 7 heteroatoms. The number of fused-ring (bicyclic) bond motifs is 1. The molecule has 0 spiro atoms. The molecule has 1 N–H and O–H groups in total. The minimum atomic E-state index is -0.223. The molecule has 0 amide bonds. The van der Waals surface area contributed by atoms with E-state index in [1.807, 2.05) is 53.8 Å². The van der Waals surface area contributed by atoms with Gasteiger partial charge >= 0.3 is 6.15 Å². The number of rotatable bonds is 3. The maximum Gasteiger partial charge on any atom is 0.373 e. The van der Waals surface area contributed by atoms with Crippen molar-refractivity contribution < 1.29 is 14.0 Å². The Morgan fingerprint density at radius 3 is 2.41 bits per heavy atom. The number of hydrogen-bond donors (Lipinski definition) is 1. The second-order valence-electron chi connectivity index (χ2n) is 6.12. The fraction of sp³-hybridized carbons (Fsp3) is 0.200. The summed E-state index contributed by atoms with van der Waals surface area (Å²) >= 11 is 1.99. The molecule has 1 heterocycles. The Hall–Kier alpha value is -2.69. The van der Waals surface area contributed by atoms with Crippen LogP contribution in [0.25, 0.3) is 10.9 Å². The van der Waals surface area contributed by atoms with Gasteiger partial charge in [-0.1, -0.05) is 6.07 Å². The fourth-order valence-electron chi connectivity index (χ4n) is 2.95. The molecular weight excluding hydrogens is 460 g/mol. The van der Waals surface area contributed by atoms with Crippen molar-refractivity contribution in [2.24, 2.45) is 0 Å². The molecule has 3 rings (SSSR count). The molecule has 0 radical (unpaired) electrons. The second kappa shape index (κ2) is 8.80. The topological polar surface area (TPSA) is 77.0 Å². The maximum absolute atomic E-state index is 14.0. The number of nitriles is 1. The van der Waals surface area contributed by atoms with Gasteiger partial charge in [0.1, 0.15) is 11.6 Å². The van der Waals surface area contributed by atoms with Gasteiger partial charge < -0.3 is 9.88 Å². The lowest BCUT2D eigenvalue weighted by Crippen LogP contribution is -2.26. The summed E-state index contributed by atoms with van der Waals surface area (Å²) in [5.41, 5.74) is 3.42. The van der Waals surface area contributed by atoms with Crippen molar-refractivity contribution in [3.05, 3.63) is 56.9 Å². The Balaban J connectivity index is 0.000000817. The quantitative estimate of drug-likeness (QED) is 0.536. The Morgan fingerprint density at radius 1 is 1.19 bits per heavy atom. The number of benzene rings is 2. The number of aromatic nitrogens is 1. The molecule has 0 aliphatic carbocycles. The third-order valence-corrected chi connectivity index (χ3v) is 4.97. The second-order valence-corrected chi connectivity index (χ2v) is 7.28. The molecule has 5 nitrogen and oxygen atoms in total. The highest BCUT2D eigenvalue weighted by atomic mass is 127. The maximum atomic E-state index is 14.0. The lowest BCUT2D eigenvalue weighted by molar-refractivity contribution is -0.191. The van der Waals surface area contributed by atoms with E-state index in [4.69, 9.17) is 14.9 Å². The summed E-state index contributed by atoms with van der Waals surface area (Å²) in [7, 11) is 0. The van der Waals surface area contributed by atoms with Crippen molar-refractivity contribution in [3.63, 3.8) is 0 Å². The van der Waals surface area contributed by atoms with E-state index in [0.29, 0.717) is 9.13 Å². The molecule has 27 heavy (non-hydrogen) atoms. The average molecular weight is 477 g/mol. The molecule has 0 aliphatic rings. The van der Waals surface area contributed by atoms with Gasteiger partial charge in [-0.05, 0) is 79.3 Å². The van der Waals surface area contributed by atoms with E-state index in [2.05, 4.69) is 29.8 Å². The van der Waals surface area contributed by atoms with Gasteiger partial charge in [-0.25, -0.2) is 4.39 Å². The molecule has 3 aromatic rings. The number of aryl methyl sites for hydroxylation is 1. The van der Waals surface area contributed by atoms with Crippen LogP contribution < -0.4 is 4.90 Å². The lowest BCUT2D eigenvalue weighted by atomic mass is 10.1. The number of H-pyrrole nitrogens is 1. The third-order valence-electron chi connectivity index (χ3n) is 4.10. The lowest BCUT2D eigenvalue weighted by Gasteiger charge is -2.28. The first-order valence-electron chi connectivity index (χ1n) is 8.10. The summed E-state index contributed by atoms with van der Waals surface area (Å²) in [6.07, 6.45) is 0.250. The first kappa shape index (κ1) is 20.6. The molecule has 138 valence electrons. The number of aromatic amines is 1. The number of hydrogen-bond acceptors (Lipinski definition) is 4. The first-order chi connectivity index (χ1) is 12.8. The van der Waals surface area contributed by atoms with Crippen LogP contribution >= 0.6 is 22.6 Å². The van der Waals surface area contributed by atoms with E-state index in [-0.39, 0.29) is 18.0 Å². The summed E-state index contributed by atoms with van der Waals surface area (Å²) < 4.78 is 14.6. The number of nitrogens with one attached hydrogen (secondary N) is 1. The van der Waals surface area contributed by atoms with Crippen molar-refractivity contribution in [2.75, 3.05) is 4.90 Å². The molecule has 0 saturated heterocycles. The summed E-state index contributed by atoms with van der Waals surface area (Å²) in [5.74, 6) is 0.704. The summed E-state index contributed by atoms with van der Waals surface area (Å²) in [6, 6.07) is 13.2. The highest BCUT2D eigenvalue weighted by Gasteiger charge is 2.20. The molecule has 1 aromatic heterocycles. The highest BCUT2D eigenvalue weighted by molar-refractivity contribution is 14.1. The summed E-state index contributed by atoms with van der Waals surface area (Å²) in [4.78, 5) is 21.7. The first-order valence-corrected chi connectivity index (χ1v) is 9.17. The van der Waals surface area contributed by atoms with Crippen LogP contribution in [-0.4, -0.2) is 17.2 Å². The predicted molar refractivity (Wildman–Crippen MR) is 109 cm³/mol. The molecule has 2 aromatic carbocycles. The monoisotopic (exact) mass is 477 g/mol. The number of nitrogens with zero attached hydrogens (tertiary/aromatic N) is 2. The number of anilines is 2. The Bertz CT molecular complexity index is 1050. The Morgan fingerprint density at radius 2 is 1.85 bits per heavy atom. The molecule has 0 bridgehead atoms. The van der Waals surface area contributed by atoms with Crippen molar-refractivity contribution in [2.45, 2.75) is 26.8 Å². The molecule has 0 fully saturated rings. The van der Waals surface area contributed by atoms with Gasteiger partial charge in [0, 0.05) is 26.2 Å². The summed E-state index contributed by atoms with van der Waals surface area (Å²) in [6.45, 7) is 6.18. The summed E-state index contributed by atoms with van der Waals surface area (Å²) in [5, 5.41) is 10.2. The average Bonchev–Trinajstić information content (AvgIpc) is 2.94. The van der Waals surface area contributed by atoms with Gasteiger partial charge in [0.25, 0.3) is 0 Å². The van der Waals surface area contributed by atoms with Gasteiger partial charge in [-0.15, -0.1) is 0 Å². The minimum Gasteiger partial charge on any atom is -0.341 e. The van der Waals surface area contributed by atoms with Crippen LogP contribution in [0, 0.1) is 27.6 Å².